The van der Waals surface area contributed by atoms with Crippen LogP contribution in [0, 0.1) is 6.92 Å². The molecule has 0 amide bonds. The van der Waals surface area contributed by atoms with E-state index < -0.39 is 11.7 Å². The van der Waals surface area contributed by atoms with Crippen molar-refractivity contribution in [2.45, 2.75) is 25.7 Å². The highest BCUT2D eigenvalue weighted by molar-refractivity contribution is 5.81. The van der Waals surface area contributed by atoms with E-state index in [0.717, 1.165) is 23.3 Å². The zero-order valence-electron chi connectivity index (χ0n) is 20.0. The Balaban J connectivity index is 1.52. The quantitative estimate of drug-likeness (QED) is 0.274. The van der Waals surface area contributed by atoms with Gasteiger partial charge in [0.1, 0.15) is 5.82 Å². The van der Waals surface area contributed by atoms with Crippen molar-refractivity contribution in [2.75, 3.05) is 5.32 Å². The van der Waals surface area contributed by atoms with E-state index in [0.29, 0.717) is 34.5 Å². The van der Waals surface area contributed by atoms with E-state index >= 15 is 0 Å². The van der Waals surface area contributed by atoms with Crippen molar-refractivity contribution in [3.63, 3.8) is 0 Å². The van der Waals surface area contributed by atoms with Gasteiger partial charge >= 0.3 is 6.18 Å². The number of rotatable bonds is 6. The maximum atomic E-state index is 13.9. The first-order valence-corrected chi connectivity index (χ1v) is 11.8. The lowest BCUT2D eigenvalue weighted by Gasteiger charge is -2.23. The lowest BCUT2D eigenvalue weighted by molar-refractivity contribution is -0.137. The molecule has 4 aromatic carbocycles. The van der Waals surface area contributed by atoms with Crippen LogP contribution in [0.25, 0.3) is 10.9 Å². The number of anilines is 1. The largest absolute Gasteiger partial charge is 0.416 e. The van der Waals surface area contributed by atoms with Crippen molar-refractivity contribution in [3.05, 3.63) is 142 Å². The smallest absolute Gasteiger partial charge is 0.381 e. The highest BCUT2D eigenvalue weighted by atomic mass is 19.4. The third kappa shape index (κ3) is 5.11. The molecule has 1 heterocycles. The van der Waals surface area contributed by atoms with Crippen molar-refractivity contribution in [1.29, 1.82) is 0 Å². The Kier molecular flexibility index (Phi) is 6.53. The summed E-state index contributed by atoms with van der Waals surface area (Å²) in [6.45, 7) is 2.14. The Bertz CT molecular complexity index is 1540. The molecular weight excluding hydrogens is 475 g/mol. The number of hydrogen-bond donors (Lipinski definition) is 1. The van der Waals surface area contributed by atoms with Gasteiger partial charge in [-0.3, -0.25) is 9.36 Å². The third-order valence-electron chi connectivity index (χ3n) is 6.34. The number of alkyl halides is 3. The Morgan fingerprint density at radius 2 is 1.43 bits per heavy atom. The summed E-state index contributed by atoms with van der Waals surface area (Å²) >= 11 is 0. The molecule has 0 aliphatic rings. The van der Waals surface area contributed by atoms with Gasteiger partial charge in [0, 0.05) is 12.2 Å². The summed E-state index contributed by atoms with van der Waals surface area (Å²) in [7, 11) is 0. The van der Waals surface area contributed by atoms with Gasteiger partial charge in [0.25, 0.3) is 5.56 Å². The minimum absolute atomic E-state index is 0.168. The van der Waals surface area contributed by atoms with Crippen LogP contribution >= 0.6 is 0 Å². The fraction of sp³-hybridized carbons (Fsp3) is 0.133. The van der Waals surface area contributed by atoms with E-state index in [-0.39, 0.29) is 11.6 Å². The van der Waals surface area contributed by atoms with Crippen molar-refractivity contribution in [3.8, 4) is 0 Å². The lowest BCUT2D eigenvalue weighted by Crippen LogP contribution is -2.29. The van der Waals surface area contributed by atoms with Crippen LogP contribution in [-0.4, -0.2) is 9.55 Å². The summed E-state index contributed by atoms with van der Waals surface area (Å²) in [5.74, 6) is 0.598. The average molecular weight is 500 g/mol. The number of fused-ring (bicyclic) bond motifs is 1. The van der Waals surface area contributed by atoms with Gasteiger partial charge < -0.3 is 5.32 Å². The molecule has 0 aliphatic carbocycles. The normalized spacial score (nSPS) is 11.7. The van der Waals surface area contributed by atoms with Gasteiger partial charge in [-0.25, -0.2) is 4.98 Å². The van der Waals surface area contributed by atoms with E-state index in [4.69, 9.17) is 4.98 Å². The van der Waals surface area contributed by atoms with Crippen LogP contribution in [0.4, 0.5) is 18.9 Å². The van der Waals surface area contributed by atoms with E-state index in [1.165, 1.54) is 12.1 Å². The summed E-state index contributed by atoms with van der Waals surface area (Å²) in [4.78, 5) is 18.6. The van der Waals surface area contributed by atoms with Crippen LogP contribution in [-0.2, 0) is 12.7 Å². The van der Waals surface area contributed by atoms with Crippen LogP contribution in [0.3, 0.4) is 0 Å². The predicted octanol–water partition coefficient (Wildman–Crippen LogP) is 6.97. The van der Waals surface area contributed by atoms with Crippen LogP contribution in [0.1, 0.15) is 34.1 Å². The molecule has 5 aromatic rings. The van der Waals surface area contributed by atoms with Gasteiger partial charge in [-0.2, -0.15) is 13.2 Å². The molecule has 5 rings (SSSR count). The maximum absolute atomic E-state index is 13.9. The summed E-state index contributed by atoms with van der Waals surface area (Å²) in [6, 6.07) is 29.7. The molecule has 0 bridgehead atoms. The number of aromatic nitrogens is 2. The number of nitrogens with one attached hydrogen (secondary N) is 1. The first kappa shape index (κ1) is 24.3. The van der Waals surface area contributed by atoms with Crippen molar-refractivity contribution >= 4 is 16.6 Å². The minimum atomic E-state index is -4.37. The second kappa shape index (κ2) is 9.93. The number of nitrogens with zero attached hydrogens (tertiary/aromatic N) is 2. The highest BCUT2D eigenvalue weighted by Gasteiger charge is 2.29. The number of hydrogen-bond acceptors (Lipinski definition) is 3. The highest BCUT2D eigenvalue weighted by Crippen LogP contribution is 2.30. The van der Waals surface area contributed by atoms with Gasteiger partial charge in [-0.15, -0.1) is 0 Å². The van der Waals surface area contributed by atoms with E-state index in [2.05, 4.69) is 5.32 Å². The Morgan fingerprint density at radius 3 is 2.00 bits per heavy atom. The number of aryl methyl sites for hydroxylation is 1. The fourth-order valence-electron chi connectivity index (χ4n) is 4.50. The second-order valence-electron chi connectivity index (χ2n) is 8.84. The van der Waals surface area contributed by atoms with Crippen molar-refractivity contribution in [2.24, 2.45) is 0 Å². The van der Waals surface area contributed by atoms with Crippen LogP contribution < -0.4 is 10.9 Å². The molecule has 0 spiro atoms. The first-order chi connectivity index (χ1) is 17.8. The topological polar surface area (TPSA) is 46.9 Å². The summed E-state index contributed by atoms with van der Waals surface area (Å²) in [6.07, 6.45) is -4.37. The maximum Gasteiger partial charge on any atom is 0.416 e. The lowest BCUT2D eigenvalue weighted by atomic mass is 9.98. The molecule has 7 heteroatoms. The molecule has 186 valence electrons. The average Bonchev–Trinajstić information content (AvgIpc) is 2.91. The molecule has 0 unspecified atom stereocenters. The van der Waals surface area contributed by atoms with Gasteiger partial charge in [0.15, 0.2) is 0 Å². The monoisotopic (exact) mass is 499 g/mol. The van der Waals surface area contributed by atoms with E-state index in [1.54, 1.807) is 16.7 Å². The summed E-state index contributed by atoms with van der Waals surface area (Å²) in [5, 5.41) is 3.67. The standard InChI is InChI=1S/C30H24F3N3O/c1-20-35-27-17-16-25(34-19-21-12-14-24(15-13-21)30(31,32)33)18-26(27)29(37)36(20)28(22-8-4-2-5-9-22)23-10-6-3-7-11-23/h2-18,28,34H,19H2,1H3. The van der Waals surface area contributed by atoms with Gasteiger partial charge in [0.2, 0.25) is 0 Å². The summed E-state index contributed by atoms with van der Waals surface area (Å²) < 4.78 is 40.2. The molecule has 0 saturated heterocycles. The Hall–Kier alpha value is -4.39. The Morgan fingerprint density at radius 1 is 0.838 bits per heavy atom. The molecule has 0 fully saturated rings. The Labute approximate surface area is 212 Å². The van der Waals surface area contributed by atoms with Crippen LogP contribution in [0.15, 0.2) is 108 Å². The van der Waals surface area contributed by atoms with E-state index in [1.807, 2.05) is 73.7 Å². The van der Waals surface area contributed by atoms with Gasteiger partial charge in [-0.05, 0) is 53.9 Å². The molecule has 1 aromatic heterocycles. The molecule has 0 aliphatic heterocycles. The minimum Gasteiger partial charge on any atom is -0.381 e. The molecule has 1 N–H and O–H groups in total. The van der Waals surface area contributed by atoms with E-state index in [9.17, 15) is 18.0 Å². The van der Waals surface area contributed by atoms with Gasteiger partial charge in [-0.1, -0.05) is 72.8 Å². The SMILES string of the molecule is Cc1nc2ccc(NCc3ccc(C(F)(F)F)cc3)cc2c(=O)n1C(c1ccccc1)c1ccccc1. The van der Waals surface area contributed by atoms with Crippen LogP contribution in [0.2, 0.25) is 0 Å². The van der Waals surface area contributed by atoms with Crippen molar-refractivity contribution < 1.29 is 13.2 Å². The molecule has 4 nitrogen and oxygen atoms in total. The fourth-order valence-corrected chi connectivity index (χ4v) is 4.50. The summed E-state index contributed by atoms with van der Waals surface area (Å²) in [5.41, 5.74) is 3.04. The zero-order valence-corrected chi connectivity index (χ0v) is 20.0. The first-order valence-electron chi connectivity index (χ1n) is 11.8. The molecule has 0 radical (unpaired) electrons. The second-order valence-corrected chi connectivity index (χ2v) is 8.84. The molecule has 37 heavy (non-hydrogen) atoms. The molecular formula is C30H24F3N3O. The molecule has 0 atom stereocenters. The third-order valence-corrected chi connectivity index (χ3v) is 6.34. The van der Waals surface area contributed by atoms with Crippen LogP contribution in [0.5, 0.6) is 0 Å². The number of halogens is 3. The zero-order chi connectivity index (χ0) is 26.0. The number of benzene rings is 4. The molecule has 0 saturated carbocycles. The van der Waals surface area contributed by atoms with Crippen molar-refractivity contribution in [1.82, 2.24) is 9.55 Å². The van der Waals surface area contributed by atoms with Gasteiger partial charge in [0.05, 0.1) is 22.5 Å². The predicted molar refractivity (Wildman–Crippen MR) is 140 cm³/mol.